The molecule has 9 atom stereocenters. The monoisotopic (exact) mass is 982 g/mol. The van der Waals surface area contributed by atoms with E-state index in [9.17, 15) is 28.2 Å². The Hall–Kier alpha value is -5.30. The Balaban J connectivity index is 1.34. The summed E-state index contributed by atoms with van der Waals surface area (Å²) in [7, 11) is 3.44. The minimum atomic E-state index is -4.33. The summed E-state index contributed by atoms with van der Waals surface area (Å²) >= 11 is 0. The van der Waals surface area contributed by atoms with Crippen LogP contribution in [0, 0.1) is 18.3 Å². The number of para-hydroxylation sites is 1. The number of nitrogens with zero attached hydrogens (tertiary/aromatic N) is 3. The van der Waals surface area contributed by atoms with Gasteiger partial charge in [0.05, 0.1) is 44.5 Å². The summed E-state index contributed by atoms with van der Waals surface area (Å²) < 4.78 is 58.0. The van der Waals surface area contributed by atoms with Gasteiger partial charge in [-0.1, -0.05) is 55.0 Å². The first kappa shape index (κ1) is 49.7. The maximum absolute atomic E-state index is 15.8. The third-order valence-corrected chi connectivity index (χ3v) is 17.7. The number of H-pyrrole nitrogens is 1. The van der Waals surface area contributed by atoms with E-state index in [2.05, 4.69) is 9.88 Å². The number of benzene rings is 3. The number of hydrogen-bond donors (Lipinski definition) is 3. The predicted molar refractivity (Wildman–Crippen MR) is 261 cm³/mol. The molecular formula is C53H66N4O12S. The molecule has 376 valence electrons. The van der Waals surface area contributed by atoms with Crippen LogP contribution in [0.2, 0.25) is 0 Å². The molecule has 9 rings (SSSR count). The fraction of sp³-hybridized carbons (Fsp3) is 0.528. The van der Waals surface area contributed by atoms with Crippen LogP contribution in [0.4, 0.5) is 5.69 Å². The lowest BCUT2D eigenvalue weighted by Crippen LogP contribution is -2.81. The molecule has 5 aliphatic rings. The number of anilines is 1. The highest BCUT2D eigenvalue weighted by Crippen LogP contribution is 2.68. The lowest BCUT2D eigenvalue weighted by molar-refractivity contribution is -0.228. The average molecular weight is 983 g/mol. The van der Waals surface area contributed by atoms with Crippen LogP contribution in [-0.2, 0) is 60.1 Å². The smallest absolute Gasteiger partial charge is 0.344 e. The van der Waals surface area contributed by atoms with E-state index < -0.39 is 86.2 Å². The molecule has 3 aromatic carbocycles. The van der Waals surface area contributed by atoms with Gasteiger partial charge >= 0.3 is 17.9 Å². The van der Waals surface area contributed by atoms with Crippen LogP contribution < -0.4 is 9.64 Å². The van der Waals surface area contributed by atoms with Crippen molar-refractivity contribution in [3.8, 4) is 5.75 Å². The molecule has 2 unspecified atom stereocenters. The molecule has 3 N–H and O–H groups in total. The Labute approximate surface area is 410 Å². The number of methoxy groups -OCH3 is 3. The zero-order valence-electron chi connectivity index (χ0n) is 41.5. The van der Waals surface area contributed by atoms with Crippen molar-refractivity contribution in [2.24, 2.45) is 11.3 Å². The highest BCUT2D eigenvalue weighted by molar-refractivity contribution is 7.86. The van der Waals surface area contributed by atoms with Crippen LogP contribution in [0.1, 0.15) is 74.4 Å². The number of aromatic nitrogens is 1. The van der Waals surface area contributed by atoms with E-state index in [1.54, 1.807) is 26.1 Å². The van der Waals surface area contributed by atoms with Gasteiger partial charge in [0.25, 0.3) is 10.1 Å². The SMILES string of the molecule is CC[C@]12C=CCN3CCC4(c5cc([C@@]6(C(=O)OC)C[C@@H](COS(=O)(=O)c7ccc(C)cc7)C[C@](C)(O)CN(C)CCc7c6[nH]c6ccccc76)c(OC)cc5N(C)[C@H]4C(O)(C(=O)OC)[C@@H]1OC(C)=O)[C@@H]32. The fourth-order valence-corrected chi connectivity index (χ4v) is 14.9. The number of β-amino-alcohol motifs (C(OH)–C–C–N with tert-alkyl or cyclic N) is 1. The number of nitrogens with one attached hydrogen (secondary N) is 1. The average Bonchev–Trinajstić information content (AvgIpc) is 3.98. The van der Waals surface area contributed by atoms with Gasteiger partial charge in [-0.3, -0.25) is 18.7 Å². The normalized spacial score (nSPS) is 32.0. The van der Waals surface area contributed by atoms with Gasteiger partial charge in [0.2, 0.25) is 5.60 Å². The number of carbonyl (C=O) groups is 3. The summed E-state index contributed by atoms with van der Waals surface area (Å²) in [6.45, 7) is 8.26. The molecule has 1 aromatic heterocycles. The minimum absolute atomic E-state index is 0.0170. The molecule has 1 spiro atoms. The van der Waals surface area contributed by atoms with Gasteiger partial charge in [-0.2, -0.15) is 8.42 Å². The van der Waals surface area contributed by atoms with E-state index in [1.807, 2.05) is 79.2 Å². The Morgan fingerprint density at radius 1 is 0.914 bits per heavy atom. The number of rotatable bonds is 10. The molecule has 17 heteroatoms. The van der Waals surface area contributed by atoms with Crippen molar-refractivity contribution in [3.05, 3.63) is 101 Å². The summed E-state index contributed by atoms with van der Waals surface area (Å²) in [6, 6.07) is 16.5. The van der Waals surface area contributed by atoms with Gasteiger partial charge < -0.3 is 43.9 Å². The van der Waals surface area contributed by atoms with E-state index >= 15 is 4.79 Å². The number of aromatic amines is 1. The molecule has 2 fully saturated rings. The first-order chi connectivity index (χ1) is 33.2. The minimum Gasteiger partial charge on any atom is -0.496 e. The molecule has 1 saturated carbocycles. The molecule has 5 heterocycles. The van der Waals surface area contributed by atoms with Gasteiger partial charge in [-0.15, -0.1) is 0 Å². The molecule has 1 aliphatic carbocycles. The van der Waals surface area contributed by atoms with Gasteiger partial charge in [-0.05, 0) is 101 Å². The first-order valence-electron chi connectivity index (χ1n) is 24.1. The van der Waals surface area contributed by atoms with Crippen molar-refractivity contribution in [3.63, 3.8) is 0 Å². The fourth-order valence-electron chi connectivity index (χ4n) is 14.0. The second-order valence-electron chi connectivity index (χ2n) is 20.7. The van der Waals surface area contributed by atoms with Crippen molar-refractivity contribution in [2.75, 3.05) is 73.1 Å². The summed E-state index contributed by atoms with van der Waals surface area (Å²) in [5.74, 6) is -2.82. The number of hydrogen-bond acceptors (Lipinski definition) is 15. The predicted octanol–water partition coefficient (Wildman–Crippen LogP) is 4.93. The van der Waals surface area contributed by atoms with Crippen LogP contribution in [0.15, 0.2) is 77.7 Å². The summed E-state index contributed by atoms with van der Waals surface area (Å²) in [5, 5.41) is 26.6. The molecular weight excluding hydrogens is 917 g/mol. The van der Waals surface area contributed by atoms with Crippen molar-refractivity contribution in [2.45, 2.75) is 105 Å². The third-order valence-electron chi connectivity index (χ3n) is 16.4. The number of ether oxygens (including phenoxy) is 4. The maximum atomic E-state index is 15.8. The summed E-state index contributed by atoms with van der Waals surface area (Å²) in [4.78, 5) is 53.4. The Kier molecular flexibility index (Phi) is 12.6. The van der Waals surface area contributed by atoms with Crippen LogP contribution in [0.3, 0.4) is 0 Å². The van der Waals surface area contributed by atoms with Gasteiger partial charge in [0, 0.05) is 84.4 Å². The Morgan fingerprint density at radius 3 is 2.30 bits per heavy atom. The van der Waals surface area contributed by atoms with Crippen LogP contribution >= 0.6 is 0 Å². The zero-order valence-corrected chi connectivity index (χ0v) is 42.4. The van der Waals surface area contributed by atoms with Crippen LogP contribution in [0.5, 0.6) is 5.75 Å². The molecule has 4 aliphatic heterocycles. The molecule has 0 radical (unpaired) electrons. The molecule has 16 nitrogen and oxygen atoms in total. The van der Waals surface area contributed by atoms with E-state index in [4.69, 9.17) is 23.1 Å². The lowest BCUT2D eigenvalue weighted by atomic mass is 9.47. The lowest BCUT2D eigenvalue weighted by Gasteiger charge is -2.63. The van der Waals surface area contributed by atoms with E-state index in [0.717, 1.165) is 27.6 Å². The van der Waals surface area contributed by atoms with Crippen molar-refractivity contribution < 1.29 is 56.1 Å². The van der Waals surface area contributed by atoms with E-state index in [1.165, 1.54) is 40.4 Å². The molecule has 0 bridgehead atoms. The Morgan fingerprint density at radius 2 is 1.63 bits per heavy atom. The highest BCUT2D eigenvalue weighted by Gasteiger charge is 2.80. The first-order valence-corrected chi connectivity index (χ1v) is 25.5. The molecule has 0 amide bonds. The number of likely N-dealkylation sites (N-methyl/N-ethyl adjacent to an activating group) is 2. The molecule has 4 aromatic rings. The van der Waals surface area contributed by atoms with Gasteiger partial charge in [0.1, 0.15) is 11.2 Å². The third kappa shape index (κ3) is 7.39. The number of aliphatic hydroxyl groups is 2. The zero-order chi connectivity index (χ0) is 50.3. The maximum Gasteiger partial charge on any atom is 0.344 e. The van der Waals surface area contributed by atoms with Gasteiger partial charge in [0.15, 0.2) is 6.10 Å². The second kappa shape index (κ2) is 17.8. The second-order valence-corrected chi connectivity index (χ2v) is 22.3. The summed E-state index contributed by atoms with van der Waals surface area (Å²) in [6.07, 6.45) is 3.83. The number of carbonyl (C=O) groups excluding carboxylic acids is 3. The largest absolute Gasteiger partial charge is 0.496 e. The standard InChI is InChI=1S/C53H66N4O12S/c1-10-50-21-13-23-57-25-22-51(44(50)57)38-26-39(42(65-7)27-41(38)56(6)45(51)53(62,48(60)67-9)46(50)69-33(3)58)52(47(59)66-8)29-34(30-68-70(63,64)35-18-16-32(2)17-19-35)28-49(4,61)31-55(5)24-20-37-36-14-11-12-15-40(36)54-43(37)52/h11-19,21,26-27,34,44-46,54,61-62H,10,20,22-25,28-31H2,1-9H3/t34-,44-,45+,46+,49-,50+,51?,52-,53?/m0/s1. The summed E-state index contributed by atoms with van der Waals surface area (Å²) in [5.41, 5.74) is -3.02. The van der Waals surface area contributed by atoms with E-state index in [0.29, 0.717) is 55.8 Å². The van der Waals surface area contributed by atoms with Crippen molar-refractivity contribution in [1.29, 1.82) is 0 Å². The quantitative estimate of drug-likeness (QED) is 0.0837. The van der Waals surface area contributed by atoms with Crippen molar-refractivity contribution in [1.82, 2.24) is 14.8 Å². The van der Waals surface area contributed by atoms with Crippen molar-refractivity contribution >= 4 is 44.6 Å². The number of aryl methyl sites for hydroxylation is 1. The number of fused-ring (bicyclic) bond motifs is 4. The molecule has 1 saturated heterocycles. The Bertz CT molecular complexity index is 2860. The van der Waals surface area contributed by atoms with Crippen LogP contribution in [-0.4, -0.2) is 149 Å². The van der Waals surface area contributed by atoms with Gasteiger partial charge in [-0.25, -0.2) is 4.79 Å². The van der Waals surface area contributed by atoms with E-state index in [-0.39, 0.29) is 30.0 Å². The topological polar surface area (TPSA) is 197 Å². The molecule has 70 heavy (non-hydrogen) atoms. The van der Waals surface area contributed by atoms with Crippen LogP contribution in [0.25, 0.3) is 10.9 Å². The highest BCUT2D eigenvalue weighted by atomic mass is 32.2. The number of esters is 3.